The van der Waals surface area contributed by atoms with Gasteiger partial charge in [-0.1, -0.05) is 6.07 Å². The van der Waals surface area contributed by atoms with Crippen molar-refractivity contribution in [1.82, 2.24) is 29.7 Å². The number of hydrogen-bond donors (Lipinski definition) is 5. The maximum absolute atomic E-state index is 13.2. The molecule has 1 saturated heterocycles. The average Bonchev–Trinajstić information content (AvgIpc) is 3.25. The molecule has 6 amide bonds. The highest BCUT2D eigenvalue weighted by Crippen LogP contribution is 2.32. The van der Waals surface area contributed by atoms with Crippen LogP contribution in [-0.4, -0.2) is 73.6 Å². The number of carbonyl (C=O) groups is 6. The van der Waals surface area contributed by atoms with Crippen LogP contribution >= 0.6 is 0 Å². The quantitative estimate of drug-likeness (QED) is 0.126. The number of benzene rings is 1. The van der Waals surface area contributed by atoms with Crippen LogP contribution in [0.2, 0.25) is 0 Å². The van der Waals surface area contributed by atoms with Crippen LogP contribution in [0.15, 0.2) is 33.9 Å². The molecule has 1 aromatic carbocycles. The summed E-state index contributed by atoms with van der Waals surface area (Å²) in [5.41, 5.74) is 9.83. The molecule has 1 unspecified atom stereocenters. The maximum Gasteiger partial charge on any atom is 0.333 e. The molecule has 0 radical (unpaired) electrons. The van der Waals surface area contributed by atoms with Gasteiger partial charge in [-0.15, -0.1) is 0 Å². The fourth-order valence-electron chi connectivity index (χ4n) is 5.37. The van der Waals surface area contributed by atoms with E-state index in [0.29, 0.717) is 12.1 Å². The van der Waals surface area contributed by atoms with E-state index in [4.69, 9.17) is 11.5 Å². The van der Waals surface area contributed by atoms with Crippen molar-refractivity contribution >= 4 is 58.0 Å². The van der Waals surface area contributed by atoms with Crippen LogP contribution < -0.4 is 38.7 Å². The maximum atomic E-state index is 13.2. The second kappa shape index (κ2) is 12.0. The Morgan fingerprint density at radius 3 is 2.51 bits per heavy atom. The first-order valence-electron chi connectivity index (χ1n) is 14.0. The smallest absolute Gasteiger partial charge is 0.333 e. The van der Waals surface area contributed by atoms with Gasteiger partial charge in [-0.3, -0.25) is 52.9 Å². The zero-order valence-corrected chi connectivity index (χ0v) is 24.0. The summed E-state index contributed by atoms with van der Waals surface area (Å²) in [7, 11) is 0. The minimum absolute atomic E-state index is 0.00737. The Labute approximate surface area is 253 Å². The molecule has 17 nitrogen and oxygen atoms in total. The summed E-state index contributed by atoms with van der Waals surface area (Å²) in [4.78, 5) is 105. The van der Waals surface area contributed by atoms with Crippen molar-refractivity contribution in [3.05, 3.63) is 61.8 Å². The molecule has 0 aliphatic carbocycles. The van der Waals surface area contributed by atoms with Crippen molar-refractivity contribution in [1.29, 1.82) is 0 Å². The molecule has 5 rings (SSSR count). The molecule has 1 fully saturated rings. The molecule has 0 saturated carbocycles. The van der Waals surface area contributed by atoms with Gasteiger partial charge in [0.1, 0.15) is 18.4 Å². The molecule has 2 aromatic heterocycles. The van der Waals surface area contributed by atoms with Gasteiger partial charge in [-0.05, 0) is 38.0 Å². The molecule has 17 heteroatoms. The van der Waals surface area contributed by atoms with Crippen LogP contribution in [0.25, 0.3) is 11.0 Å². The highest BCUT2D eigenvalue weighted by molar-refractivity contribution is 6.25. The van der Waals surface area contributed by atoms with E-state index in [2.05, 4.69) is 20.9 Å². The third-order valence-corrected chi connectivity index (χ3v) is 7.57. The fraction of sp³-hybridized carbons (Fsp3) is 0.321. The average molecular weight is 620 g/mol. The molecule has 2 aliphatic rings. The monoisotopic (exact) mass is 619 g/mol. The molecule has 7 N–H and O–H groups in total. The molecule has 0 bridgehead atoms. The lowest BCUT2D eigenvalue weighted by Crippen LogP contribution is -2.54. The third-order valence-electron chi connectivity index (χ3n) is 7.57. The number of fused-ring (bicyclic) bond motifs is 2. The van der Waals surface area contributed by atoms with E-state index in [0.717, 1.165) is 20.1 Å². The number of nitrogen functional groups attached to an aromatic ring is 1. The Kier molecular flexibility index (Phi) is 8.17. The van der Waals surface area contributed by atoms with Crippen LogP contribution in [0.1, 0.15) is 57.3 Å². The number of nitrogens with two attached hydrogens (primary N) is 2. The van der Waals surface area contributed by atoms with E-state index in [-0.39, 0.29) is 66.0 Å². The number of aromatic nitrogens is 3. The van der Waals surface area contributed by atoms with E-state index < -0.39 is 59.3 Å². The molecule has 1 atom stereocenters. The number of piperidine rings is 1. The van der Waals surface area contributed by atoms with E-state index in [9.17, 15) is 38.4 Å². The number of rotatable bonds is 10. The Bertz CT molecular complexity index is 1930. The normalized spacial score (nSPS) is 16.1. The van der Waals surface area contributed by atoms with Crippen molar-refractivity contribution in [2.45, 2.75) is 45.3 Å². The fourth-order valence-corrected chi connectivity index (χ4v) is 5.37. The summed E-state index contributed by atoms with van der Waals surface area (Å²) in [5, 5.41) is 7.74. The number of pyridine rings is 1. The zero-order chi connectivity index (χ0) is 32.6. The summed E-state index contributed by atoms with van der Waals surface area (Å²) in [6.45, 7) is 1.53. The Hall–Kier alpha value is -5.87. The van der Waals surface area contributed by atoms with Gasteiger partial charge in [0, 0.05) is 31.7 Å². The van der Waals surface area contributed by atoms with Crippen molar-refractivity contribution in [2.24, 2.45) is 5.73 Å². The van der Waals surface area contributed by atoms with Gasteiger partial charge in [-0.25, -0.2) is 9.78 Å². The van der Waals surface area contributed by atoms with Crippen LogP contribution in [0.4, 0.5) is 11.5 Å². The number of nitrogens with zero attached hydrogens (tertiary/aromatic N) is 4. The van der Waals surface area contributed by atoms with E-state index >= 15 is 0 Å². The Morgan fingerprint density at radius 2 is 1.82 bits per heavy atom. The molecule has 2 aliphatic heterocycles. The number of hydrogen-bond acceptors (Lipinski definition) is 11. The molecule has 45 heavy (non-hydrogen) atoms. The number of primary amides is 1. The minimum atomic E-state index is -1.09. The summed E-state index contributed by atoms with van der Waals surface area (Å²) in [5.74, 6) is -4.22. The second-order valence-electron chi connectivity index (χ2n) is 10.4. The summed E-state index contributed by atoms with van der Waals surface area (Å²) in [6.07, 6.45) is 0.398. The van der Waals surface area contributed by atoms with E-state index in [1.165, 1.54) is 6.07 Å². The van der Waals surface area contributed by atoms with Crippen molar-refractivity contribution in [2.75, 3.05) is 24.1 Å². The van der Waals surface area contributed by atoms with Gasteiger partial charge < -0.3 is 22.1 Å². The summed E-state index contributed by atoms with van der Waals surface area (Å²) < 4.78 is 1.88. The first kappa shape index (κ1) is 30.6. The van der Waals surface area contributed by atoms with Crippen molar-refractivity contribution < 1.29 is 28.8 Å². The zero-order valence-electron chi connectivity index (χ0n) is 24.0. The third kappa shape index (κ3) is 5.50. The lowest BCUT2D eigenvalue weighted by Gasteiger charge is -2.27. The van der Waals surface area contributed by atoms with Gasteiger partial charge in [-0.2, -0.15) is 0 Å². The topological polar surface area (TPSA) is 251 Å². The number of nitrogens with one attached hydrogen (secondary N) is 3. The summed E-state index contributed by atoms with van der Waals surface area (Å²) in [6, 6.07) is 4.73. The van der Waals surface area contributed by atoms with Gasteiger partial charge in [0.05, 0.1) is 22.1 Å². The van der Waals surface area contributed by atoms with Gasteiger partial charge in [0.15, 0.2) is 5.65 Å². The number of anilines is 2. The summed E-state index contributed by atoms with van der Waals surface area (Å²) >= 11 is 0. The molecule has 0 spiro atoms. The molecular weight excluding hydrogens is 590 g/mol. The lowest BCUT2D eigenvalue weighted by atomic mass is 10.0. The predicted octanol–water partition coefficient (Wildman–Crippen LogP) is -1.72. The van der Waals surface area contributed by atoms with Crippen molar-refractivity contribution in [3.63, 3.8) is 0 Å². The van der Waals surface area contributed by atoms with Gasteiger partial charge in [0.25, 0.3) is 23.3 Å². The first-order chi connectivity index (χ1) is 21.4. The van der Waals surface area contributed by atoms with Crippen molar-refractivity contribution in [3.8, 4) is 0 Å². The van der Waals surface area contributed by atoms with Crippen LogP contribution in [0, 0.1) is 0 Å². The molecular formula is C28H29N9O8. The SMILES string of the molecule is CCn1c(=O)n(CC(=O)NCCCNc2cccc3c2C(=O)N(C2CCC(=O)NC2=O)C3=O)c(=O)c2cc(C(N)=O)c(N)nc21. The van der Waals surface area contributed by atoms with Crippen LogP contribution in [-0.2, 0) is 27.5 Å². The molecule has 234 valence electrons. The Balaban J connectivity index is 1.22. The first-order valence-corrected chi connectivity index (χ1v) is 14.0. The van der Waals surface area contributed by atoms with Crippen LogP contribution in [0.3, 0.4) is 0 Å². The largest absolute Gasteiger partial charge is 0.384 e. The van der Waals surface area contributed by atoms with E-state index in [1.54, 1.807) is 19.1 Å². The number of imide groups is 2. The second-order valence-corrected chi connectivity index (χ2v) is 10.4. The van der Waals surface area contributed by atoms with E-state index in [1.807, 2.05) is 0 Å². The molecule has 3 aromatic rings. The minimum Gasteiger partial charge on any atom is -0.384 e. The lowest BCUT2D eigenvalue weighted by molar-refractivity contribution is -0.136. The van der Waals surface area contributed by atoms with Gasteiger partial charge in [0.2, 0.25) is 17.7 Å². The highest BCUT2D eigenvalue weighted by Gasteiger charge is 2.45. The number of amides is 6. The van der Waals surface area contributed by atoms with Gasteiger partial charge >= 0.3 is 5.69 Å². The number of aryl methyl sites for hydroxylation is 1. The standard InChI is InChI=1S/C28H29N9O8/c1-2-35-23-15(11-14(22(30)40)21(29)34-23)25(42)36(28(35)45)12-19(39)32-10-4-9-31-16-6-3-5-13-20(16)27(44)37(26(13)43)17-7-8-18(38)33-24(17)41/h3,5-6,11,17,31H,2,4,7-10,12H2,1H3,(H2,29,34)(H2,30,40)(H,32,39)(H,33,38,41). The van der Waals surface area contributed by atoms with Crippen LogP contribution in [0.5, 0.6) is 0 Å². The molecule has 4 heterocycles. The predicted molar refractivity (Wildman–Crippen MR) is 158 cm³/mol. The highest BCUT2D eigenvalue weighted by atomic mass is 16.2. The number of carbonyl (C=O) groups excluding carboxylic acids is 6. The Morgan fingerprint density at radius 1 is 1.07 bits per heavy atom.